The van der Waals surface area contributed by atoms with Gasteiger partial charge in [0.15, 0.2) is 0 Å². The van der Waals surface area contributed by atoms with E-state index in [4.69, 9.17) is 0 Å². The summed E-state index contributed by atoms with van der Waals surface area (Å²) < 4.78 is 38.7. The highest BCUT2D eigenvalue weighted by atomic mass is 19.4. The summed E-state index contributed by atoms with van der Waals surface area (Å²) in [5.74, 6) is -0.217. The minimum Gasteiger partial charge on any atom is -0.345 e. The molecule has 2 N–H and O–H groups in total. The fourth-order valence-electron chi connectivity index (χ4n) is 4.23. The van der Waals surface area contributed by atoms with Crippen LogP contribution in [0.1, 0.15) is 34.5 Å². The zero-order valence-corrected chi connectivity index (χ0v) is 18.1. The average molecular weight is 459 g/mol. The second-order valence-electron chi connectivity index (χ2n) is 8.19. The number of nitrogens with one attached hydrogen (secondary N) is 2. The Morgan fingerprint density at radius 3 is 2.44 bits per heavy atom. The summed E-state index contributed by atoms with van der Waals surface area (Å²) in [6.45, 7) is 1.91. The highest BCUT2D eigenvalue weighted by Gasteiger charge is 2.30. The van der Waals surface area contributed by atoms with Crippen LogP contribution in [0.2, 0.25) is 0 Å². The molecule has 0 spiro atoms. The molecular formula is C27H20F3N3O. The van der Waals surface area contributed by atoms with E-state index in [2.05, 4.69) is 15.5 Å². The van der Waals surface area contributed by atoms with Crippen molar-refractivity contribution in [3.63, 3.8) is 0 Å². The SMILES string of the molecule is C[C@@H](NC(=O)c1ccc2c(-c3ccc(C(F)(F)F)cc3)cccc2c1)c1cccc2cn[nH]c12. The monoisotopic (exact) mass is 459 g/mol. The molecule has 0 radical (unpaired) electrons. The first-order valence-electron chi connectivity index (χ1n) is 10.7. The van der Waals surface area contributed by atoms with Crippen LogP contribution >= 0.6 is 0 Å². The number of halogens is 3. The molecule has 170 valence electrons. The molecule has 4 nitrogen and oxygen atoms in total. The summed E-state index contributed by atoms with van der Waals surface area (Å²) in [7, 11) is 0. The molecule has 0 saturated heterocycles. The second-order valence-corrected chi connectivity index (χ2v) is 8.19. The first-order chi connectivity index (χ1) is 16.3. The molecule has 4 aromatic carbocycles. The summed E-state index contributed by atoms with van der Waals surface area (Å²) in [6, 6.07) is 21.6. The lowest BCUT2D eigenvalue weighted by atomic mass is 9.96. The van der Waals surface area contributed by atoms with E-state index in [1.807, 2.05) is 49.4 Å². The quantitative estimate of drug-likeness (QED) is 0.307. The van der Waals surface area contributed by atoms with Crippen molar-refractivity contribution >= 4 is 27.6 Å². The van der Waals surface area contributed by atoms with E-state index in [1.165, 1.54) is 12.1 Å². The Hall–Kier alpha value is -4.13. The number of aromatic amines is 1. The second kappa shape index (κ2) is 8.33. The minimum absolute atomic E-state index is 0.217. The summed E-state index contributed by atoms with van der Waals surface area (Å²) in [5.41, 5.74) is 3.12. The van der Waals surface area contributed by atoms with Gasteiger partial charge in [0, 0.05) is 10.9 Å². The van der Waals surface area contributed by atoms with Crippen molar-refractivity contribution in [2.24, 2.45) is 0 Å². The number of carbonyl (C=O) groups excluding carboxylic acids is 1. The van der Waals surface area contributed by atoms with E-state index in [-0.39, 0.29) is 11.9 Å². The summed E-state index contributed by atoms with van der Waals surface area (Å²) in [4.78, 5) is 13.0. The van der Waals surface area contributed by atoms with Crippen molar-refractivity contribution in [3.05, 3.63) is 102 Å². The van der Waals surface area contributed by atoms with Gasteiger partial charge in [0.1, 0.15) is 0 Å². The summed E-state index contributed by atoms with van der Waals surface area (Å²) >= 11 is 0. The van der Waals surface area contributed by atoms with Gasteiger partial charge in [0.25, 0.3) is 5.91 Å². The molecular weight excluding hydrogens is 439 g/mol. The van der Waals surface area contributed by atoms with Gasteiger partial charge in [0.05, 0.1) is 23.3 Å². The molecule has 1 aromatic heterocycles. The van der Waals surface area contributed by atoms with Crippen LogP contribution in [0.3, 0.4) is 0 Å². The number of fused-ring (bicyclic) bond motifs is 2. The van der Waals surface area contributed by atoms with Crippen molar-refractivity contribution in [1.82, 2.24) is 15.5 Å². The highest BCUT2D eigenvalue weighted by Crippen LogP contribution is 2.33. The number of nitrogens with zero attached hydrogens (tertiary/aromatic N) is 1. The number of aromatic nitrogens is 2. The predicted octanol–water partition coefficient (Wildman–Crippen LogP) is 6.89. The normalized spacial score (nSPS) is 12.7. The first kappa shape index (κ1) is 21.7. The molecule has 0 unspecified atom stereocenters. The maximum Gasteiger partial charge on any atom is 0.416 e. The third-order valence-corrected chi connectivity index (χ3v) is 5.99. The number of para-hydroxylation sites is 1. The lowest BCUT2D eigenvalue weighted by molar-refractivity contribution is -0.137. The van der Waals surface area contributed by atoms with Crippen LogP contribution in [-0.4, -0.2) is 16.1 Å². The first-order valence-corrected chi connectivity index (χ1v) is 10.7. The number of rotatable bonds is 4. The van der Waals surface area contributed by atoms with Crippen LogP contribution in [0.25, 0.3) is 32.8 Å². The standard InChI is InChI=1S/C27H20F3N3O/c1-16(22-6-3-5-20-15-31-33-25(20)22)32-26(34)19-10-13-24-18(14-19)4-2-7-23(24)17-8-11-21(12-9-17)27(28,29)30/h2-16H,1H3,(H,31,33)(H,32,34)/t16-/m1/s1. The van der Waals surface area contributed by atoms with E-state index in [0.29, 0.717) is 11.1 Å². The van der Waals surface area contributed by atoms with Gasteiger partial charge >= 0.3 is 6.18 Å². The van der Waals surface area contributed by atoms with Crippen molar-refractivity contribution in [1.29, 1.82) is 0 Å². The maximum atomic E-state index is 13.0. The number of hydrogen-bond acceptors (Lipinski definition) is 2. The third kappa shape index (κ3) is 4.01. The highest BCUT2D eigenvalue weighted by molar-refractivity contribution is 6.03. The molecule has 0 saturated carbocycles. The lowest BCUT2D eigenvalue weighted by Gasteiger charge is -2.16. The molecule has 1 atom stereocenters. The Kier molecular flexibility index (Phi) is 5.32. The largest absolute Gasteiger partial charge is 0.416 e. The molecule has 5 aromatic rings. The molecule has 1 heterocycles. The lowest BCUT2D eigenvalue weighted by Crippen LogP contribution is -2.26. The van der Waals surface area contributed by atoms with Gasteiger partial charge in [-0.2, -0.15) is 18.3 Å². The smallest absolute Gasteiger partial charge is 0.345 e. The predicted molar refractivity (Wildman–Crippen MR) is 126 cm³/mol. The molecule has 5 rings (SSSR count). The molecule has 0 aliphatic rings. The molecule has 0 aliphatic heterocycles. The van der Waals surface area contributed by atoms with E-state index in [0.717, 1.165) is 44.9 Å². The average Bonchev–Trinajstić information content (AvgIpc) is 3.32. The van der Waals surface area contributed by atoms with Gasteiger partial charge in [-0.05, 0) is 58.7 Å². The Morgan fingerprint density at radius 2 is 1.68 bits per heavy atom. The van der Waals surface area contributed by atoms with Crippen LogP contribution in [0.15, 0.2) is 85.1 Å². The fourth-order valence-corrected chi connectivity index (χ4v) is 4.23. The summed E-state index contributed by atoms with van der Waals surface area (Å²) in [6.07, 6.45) is -2.63. The summed E-state index contributed by atoms with van der Waals surface area (Å²) in [5, 5.41) is 12.7. The van der Waals surface area contributed by atoms with Gasteiger partial charge in [-0.15, -0.1) is 0 Å². The van der Waals surface area contributed by atoms with Gasteiger partial charge in [-0.3, -0.25) is 9.89 Å². The number of amides is 1. The minimum atomic E-state index is -4.38. The van der Waals surface area contributed by atoms with Crippen LogP contribution < -0.4 is 5.32 Å². The van der Waals surface area contributed by atoms with E-state index >= 15 is 0 Å². The molecule has 0 aliphatic carbocycles. The molecule has 0 fully saturated rings. The molecule has 1 amide bonds. The van der Waals surface area contributed by atoms with E-state index < -0.39 is 11.7 Å². The molecule has 0 bridgehead atoms. The van der Waals surface area contributed by atoms with Crippen LogP contribution in [0, 0.1) is 0 Å². The van der Waals surface area contributed by atoms with Crippen molar-refractivity contribution < 1.29 is 18.0 Å². The Labute approximate surface area is 193 Å². The van der Waals surface area contributed by atoms with Crippen molar-refractivity contribution in [3.8, 4) is 11.1 Å². The Morgan fingerprint density at radius 1 is 0.941 bits per heavy atom. The van der Waals surface area contributed by atoms with E-state index in [9.17, 15) is 18.0 Å². The zero-order valence-electron chi connectivity index (χ0n) is 18.1. The van der Waals surface area contributed by atoms with E-state index in [1.54, 1.807) is 18.3 Å². The van der Waals surface area contributed by atoms with Gasteiger partial charge in [0.2, 0.25) is 0 Å². The molecule has 34 heavy (non-hydrogen) atoms. The number of benzene rings is 4. The maximum absolute atomic E-state index is 13.0. The zero-order chi connectivity index (χ0) is 23.9. The number of H-pyrrole nitrogens is 1. The van der Waals surface area contributed by atoms with Gasteiger partial charge in [-0.1, -0.05) is 54.6 Å². The van der Waals surface area contributed by atoms with Crippen molar-refractivity contribution in [2.45, 2.75) is 19.1 Å². The molecule has 7 heteroatoms. The van der Waals surface area contributed by atoms with Gasteiger partial charge < -0.3 is 5.32 Å². The van der Waals surface area contributed by atoms with Crippen molar-refractivity contribution in [2.75, 3.05) is 0 Å². The number of hydrogen-bond donors (Lipinski definition) is 2. The van der Waals surface area contributed by atoms with Crippen LogP contribution in [0.4, 0.5) is 13.2 Å². The number of carbonyl (C=O) groups is 1. The topological polar surface area (TPSA) is 57.8 Å². The Balaban J connectivity index is 1.42. The third-order valence-electron chi connectivity index (χ3n) is 5.99. The Bertz CT molecular complexity index is 1500. The van der Waals surface area contributed by atoms with Gasteiger partial charge in [-0.25, -0.2) is 0 Å². The van der Waals surface area contributed by atoms with Crippen LogP contribution in [0.5, 0.6) is 0 Å². The fraction of sp³-hybridized carbons (Fsp3) is 0.111. The number of alkyl halides is 3. The van der Waals surface area contributed by atoms with Crippen LogP contribution in [-0.2, 0) is 6.18 Å².